The van der Waals surface area contributed by atoms with Gasteiger partial charge in [-0.3, -0.25) is 0 Å². The van der Waals surface area contributed by atoms with Crippen molar-refractivity contribution in [2.75, 3.05) is 30.3 Å². The number of hydrogen-bond acceptors (Lipinski definition) is 9. The third kappa shape index (κ3) is 4.28. The van der Waals surface area contributed by atoms with E-state index >= 15 is 0 Å². The molecule has 0 spiro atoms. The summed E-state index contributed by atoms with van der Waals surface area (Å²) in [6, 6.07) is 8.33. The van der Waals surface area contributed by atoms with Crippen molar-refractivity contribution >= 4 is 32.6 Å². The average molecular weight is 476 g/mol. The minimum atomic E-state index is 0.306. The van der Waals surface area contributed by atoms with Crippen LogP contribution in [0.15, 0.2) is 30.5 Å². The number of fused-ring (bicyclic) bond motifs is 2. The van der Waals surface area contributed by atoms with Crippen molar-refractivity contribution in [2.24, 2.45) is 5.73 Å². The molecule has 0 amide bonds. The number of anilines is 2. The minimum Gasteiger partial charge on any atom is -0.491 e. The van der Waals surface area contributed by atoms with Crippen molar-refractivity contribution in [3.8, 4) is 16.9 Å². The summed E-state index contributed by atoms with van der Waals surface area (Å²) in [5, 5.41) is 0.528. The normalized spacial score (nSPS) is 13.7. The van der Waals surface area contributed by atoms with Gasteiger partial charge in [0.1, 0.15) is 34.3 Å². The fraction of sp³-hybridized carbons (Fsp3) is 0.360. The second kappa shape index (κ2) is 9.15. The number of benzene rings is 1. The van der Waals surface area contributed by atoms with E-state index in [0.717, 1.165) is 56.7 Å². The van der Waals surface area contributed by atoms with E-state index in [4.69, 9.17) is 26.2 Å². The molecule has 4 aromatic rings. The molecule has 9 heteroatoms. The van der Waals surface area contributed by atoms with Gasteiger partial charge in [-0.25, -0.2) is 19.9 Å². The van der Waals surface area contributed by atoms with Crippen LogP contribution in [-0.4, -0.2) is 39.6 Å². The minimum absolute atomic E-state index is 0.306. The van der Waals surface area contributed by atoms with Crippen molar-refractivity contribution in [3.05, 3.63) is 53.1 Å². The fourth-order valence-corrected chi connectivity index (χ4v) is 5.19. The number of ether oxygens (including phenoxy) is 1. The molecule has 34 heavy (non-hydrogen) atoms. The SMILES string of the molecule is Cc1nc(CCN)nc(N2CCOc3ccc(-c4cnc5sc(N)nc5c4)cc3C2)c1C(C)C. The second-order valence-electron chi connectivity index (χ2n) is 8.85. The number of nitrogens with zero attached hydrogens (tertiary/aromatic N) is 5. The first-order valence-electron chi connectivity index (χ1n) is 11.5. The number of aromatic nitrogens is 4. The van der Waals surface area contributed by atoms with Gasteiger partial charge in [0.15, 0.2) is 5.13 Å². The highest BCUT2D eigenvalue weighted by molar-refractivity contribution is 7.21. The molecule has 3 aromatic heterocycles. The van der Waals surface area contributed by atoms with Crippen molar-refractivity contribution in [1.29, 1.82) is 0 Å². The molecule has 0 unspecified atom stereocenters. The van der Waals surface area contributed by atoms with E-state index in [1.165, 1.54) is 16.9 Å². The van der Waals surface area contributed by atoms with Crippen LogP contribution in [0.5, 0.6) is 5.75 Å². The van der Waals surface area contributed by atoms with E-state index in [1.807, 2.05) is 18.3 Å². The summed E-state index contributed by atoms with van der Waals surface area (Å²) < 4.78 is 6.13. The van der Waals surface area contributed by atoms with Crippen molar-refractivity contribution in [1.82, 2.24) is 19.9 Å². The lowest BCUT2D eigenvalue weighted by molar-refractivity contribution is 0.331. The molecule has 1 aliphatic heterocycles. The van der Waals surface area contributed by atoms with Gasteiger partial charge in [0.25, 0.3) is 0 Å². The maximum Gasteiger partial charge on any atom is 0.182 e. The molecule has 0 fully saturated rings. The van der Waals surface area contributed by atoms with E-state index in [1.54, 1.807) is 0 Å². The number of thiazole rings is 1. The molecule has 0 saturated carbocycles. The largest absolute Gasteiger partial charge is 0.491 e. The number of pyridine rings is 1. The van der Waals surface area contributed by atoms with Crippen LogP contribution >= 0.6 is 11.3 Å². The van der Waals surface area contributed by atoms with Gasteiger partial charge in [0, 0.05) is 41.5 Å². The lowest BCUT2D eigenvalue weighted by atomic mass is 10.0. The monoisotopic (exact) mass is 475 g/mol. The van der Waals surface area contributed by atoms with Crippen LogP contribution in [0.4, 0.5) is 10.9 Å². The lowest BCUT2D eigenvalue weighted by Crippen LogP contribution is -2.29. The van der Waals surface area contributed by atoms with Gasteiger partial charge in [0.2, 0.25) is 0 Å². The van der Waals surface area contributed by atoms with Crippen LogP contribution in [0.1, 0.15) is 42.4 Å². The Labute approximate surface area is 203 Å². The molecule has 5 rings (SSSR count). The highest BCUT2D eigenvalue weighted by atomic mass is 32.1. The van der Waals surface area contributed by atoms with Crippen LogP contribution in [0.3, 0.4) is 0 Å². The standard InChI is InChI=1S/C25H29N7OS/c1-14(2)22-15(3)29-21(6-7-26)31-23(22)32-8-9-33-20-5-4-16(10-18(20)13-32)17-11-19-24(28-12-17)34-25(27)30-19/h4-5,10-12,14H,6-9,13,26H2,1-3H3,(H2,27,30). The molecule has 176 valence electrons. The Hall–Kier alpha value is -3.30. The Bertz CT molecular complexity index is 1350. The van der Waals surface area contributed by atoms with E-state index in [0.29, 0.717) is 37.2 Å². The molecule has 8 nitrogen and oxygen atoms in total. The Balaban J connectivity index is 1.53. The molecule has 0 saturated heterocycles. The third-order valence-corrected chi connectivity index (χ3v) is 6.85. The number of nitrogen functional groups attached to an aromatic ring is 1. The zero-order chi connectivity index (χ0) is 23.8. The van der Waals surface area contributed by atoms with Gasteiger partial charge in [-0.15, -0.1) is 0 Å². The van der Waals surface area contributed by atoms with Crippen LogP contribution in [0.2, 0.25) is 0 Å². The molecular weight excluding hydrogens is 446 g/mol. The van der Waals surface area contributed by atoms with Crippen LogP contribution < -0.4 is 21.1 Å². The maximum atomic E-state index is 6.13. The predicted octanol–water partition coefficient (Wildman–Crippen LogP) is 4.06. The van der Waals surface area contributed by atoms with Gasteiger partial charge in [0.05, 0.1) is 6.54 Å². The molecule has 0 aliphatic carbocycles. The van der Waals surface area contributed by atoms with E-state index < -0.39 is 0 Å². The van der Waals surface area contributed by atoms with Crippen molar-refractivity contribution < 1.29 is 4.74 Å². The number of aryl methyl sites for hydroxylation is 1. The van der Waals surface area contributed by atoms with Gasteiger partial charge >= 0.3 is 0 Å². The zero-order valence-corrected chi connectivity index (χ0v) is 20.5. The lowest BCUT2D eigenvalue weighted by Gasteiger charge is -2.26. The smallest absolute Gasteiger partial charge is 0.182 e. The molecular formula is C25H29N7OS. The highest BCUT2D eigenvalue weighted by Crippen LogP contribution is 2.35. The Morgan fingerprint density at radius 2 is 2.00 bits per heavy atom. The predicted molar refractivity (Wildman–Crippen MR) is 137 cm³/mol. The molecule has 0 atom stereocenters. The Morgan fingerprint density at radius 1 is 1.15 bits per heavy atom. The molecule has 4 N–H and O–H groups in total. The Morgan fingerprint density at radius 3 is 2.79 bits per heavy atom. The second-order valence-corrected chi connectivity index (χ2v) is 9.86. The third-order valence-electron chi connectivity index (χ3n) is 6.05. The topological polar surface area (TPSA) is 116 Å². The van der Waals surface area contributed by atoms with Crippen LogP contribution in [0, 0.1) is 6.92 Å². The molecule has 1 aromatic carbocycles. The molecule has 0 radical (unpaired) electrons. The highest BCUT2D eigenvalue weighted by Gasteiger charge is 2.23. The van der Waals surface area contributed by atoms with Gasteiger partial charge in [-0.05, 0) is 43.1 Å². The first-order valence-corrected chi connectivity index (χ1v) is 12.3. The summed E-state index contributed by atoms with van der Waals surface area (Å²) in [6.07, 6.45) is 2.54. The van der Waals surface area contributed by atoms with Crippen molar-refractivity contribution in [2.45, 2.75) is 39.7 Å². The quantitative estimate of drug-likeness (QED) is 0.444. The summed E-state index contributed by atoms with van der Waals surface area (Å²) >= 11 is 1.40. The van der Waals surface area contributed by atoms with Gasteiger partial charge < -0.3 is 21.1 Å². The van der Waals surface area contributed by atoms with E-state index in [-0.39, 0.29) is 0 Å². The molecule has 1 aliphatic rings. The zero-order valence-electron chi connectivity index (χ0n) is 19.7. The summed E-state index contributed by atoms with van der Waals surface area (Å²) in [7, 11) is 0. The Kier molecular flexibility index (Phi) is 6.05. The van der Waals surface area contributed by atoms with Crippen LogP contribution in [0.25, 0.3) is 21.5 Å². The van der Waals surface area contributed by atoms with E-state index in [9.17, 15) is 0 Å². The number of nitrogens with two attached hydrogens (primary N) is 2. The summed E-state index contributed by atoms with van der Waals surface area (Å²) in [6.45, 7) is 8.99. The summed E-state index contributed by atoms with van der Waals surface area (Å²) in [5.74, 6) is 2.98. The fourth-order valence-electron chi connectivity index (χ4n) is 4.53. The first kappa shape index (κ1) is 22.5. The molecule has 4 heterocycles. The number of rotatable bonds is 5. The summed E-state index contributed by atoms with van der Waals surface area (Å²) in [4.78, 5) is 21.8. The maximum absolute atomic E-state index is 6.13. The molecule has 0 bridgehead atoms. The van der Waals surface area contributed by atoms with Crippen molar-refractivity contribution in [3.63, 3.8) is 0 Å². The summed E-state index contributed by atoms with van der Waals surface area (Å²) in [5.41, 5.74) is 17.9. The number of hydrogen-bond donors (Lipinski definition) is 2. The van der Waals surface area contributed by atoms with E-state index in [2.05, 4.69) is 47.8 Å². The van der Waals surface area contributed by atoms with Gasteiger partial charge in [-0.2, -0.15) is 0 Å². The van der Waals surface area contributed by atoms with Gasteiger partial charge in [-0.1, -0.05) is 31.3 Å². The first-order chi connectivity index (χ1) is 16.4. The van der Waals surface area contributed by atoms with Crippen LogP contribution in [-0.2, 0) is 13.0 Å². The average Bonchev–Trinajstić information content (AvgIpc) is 3.04.